The Labute approximate surface area is 124 Å². The smallest absolute Gasteiger partial charge is 0.256 e. The summed E-state index contributed by atoms with van der Waals surface area (Å²) in [5.41, 5.74) is 0.422. The van der Waals surface area contributed by atoms with Crippen molar-refractivity contribution >= 4 is 17.7 Å². The molecular formula is C15H22N2O2S. The van der Waals surface area contributed by atoms with Crippen LogP contribution in [0, 0.1) is 0 Å². The normalized spacial score (nSPS) is 18.4. The summed E-state index contributed by atoms with van der Waals surface area (Å²) in [5.74, 6) is 0.0534. The molecule has 110 valence electrons. The Morgan fingerprint density at radius 3 is 2.90 bits per heavy atom. The topological polar surface area (TPSA) is 42.4 Å². The van der Waals surface area contributed by atoms with Crippen molar-refractivity contribution in [3.8, 4) is 0 Å². The van der Waals surface area contributed by atoms with Crippen molar-refractivity contribution in [1.82, 2.24) is 9.88 Å². The van der Waals surface area contributed by atoms with Crippen molar-refractivity contribution in [3.05, 3.63) is 23.9 Å². The molecule has 1 aliphatic heterocycles. The van der Waals surface area contributed by atoms with Gasteiger partial charge in [-0.3, -0.25) is 4.79 Å². The molecule has 0 atom stereocenters. The van der Waals surface area contributed by atoms with E-state index in [1.54, 1.807) is 18.0 Å². The molecule has 1 aromatic heterocycles. The van der Waals surface area contributed by atoms with Crippen molar-refractivity contribution in [2.24, 2.45) is 0 Å². The van der Waals surface area contributed by atoms with E-state index >= 15 is 0 Å². The van der Waals surface area contributed by atoms with Gasteiger partial charge in [0.25, 0.3) is 5.91 Å². The number of aromatic nitrogens is 1. The first kappa shape index (κ1) is 15.3. The van der Waals surface area contributed by atoms with Gasteiger partial charge in [0, 0.05) is 24.5 Å². The number of thioether (sulfide) groups is 1. The highest BCUT2D eigenvalue weighted by atomic mass is 32.2. The predicted octanol–water partition coefficient (Wildman–Crippen LogP) is 2.83. The summed E-state index contributed by atoms with van der Waals surface area (Å²) in [6, 6.07) is 3.69. The standard InChI is InChI=1S/C15H22N2O2S/c1-11(2)20-13-12(6-5-7-16-13)14(18)17-8-9-19-15(3,4)10-17/h5-7,11H,8-10H2,1-4H3. The Morgan fingerprint density at radius 1 is 1.50 bits per heavy atom. The fraction of sp³-hybridized carbons (Fsp3) is 0.600. The van der Waals surface area contributed by atoms with Gasteiger partial charge in [0.05, 0.1) is 17.8 Å². The van der Waals surface area contributed by atoms with E-state index in [1.165, 1.54) is 0 Å². The van der Waals surface area contributed by atoms with Crippen LogP contribution in [0.1, 0.15) is 38.1 Å². The van der Waals surface area contributed by atoms with Gasteiger partial charge in [-0.25, -0.2) is 4.98 Å². The molecule has 0 radical (unpaired) electrons. The third-order valence-electron chi connectivity index (χ3n) is 3.06. The lowest BCUT2D eigenvalue weighted by Gasteiger charge is -2.38. The minimum atomic E-state index is -0.276. The summed E-state index contributed by atoms with van der Waals surface area (Å²) < 4.78 is 5.66. The van der Waals surface area contributed by atoms with Crippen molar-refractivity contribution in [3.63, 3.8) is 0 Å². The molecule has 1 saturated heterocycles. The van der Waals surface area contributed by atoms with Gasteiger partial charge in [0.2, 0.25) is 0 Å². The first-order valence-electron chi connectivity index (χ1n) is 6.94. The molecule has 0 saturated carbocycles. The van der Waals surface area contributed by atoms with Crippen LogP contribution in [0.25, 0.3) is 0 Å². The summed E-state index contributed by atoms with van der Waals surface area (Å²) in [5, 5.41) is 1.22. The van der Waals surface area contributed by atoms with Gasteiger partial charge in [-0.2, -0.15) is 0 Å². The molecule has 0 unspecified atom stereocenters. The van der Waals surface area contributed by atoms with Crippen molar-refractivity contribution in [2.75, 3.05) is 19.7 Å². The highest BCUT2D eigenvalue weighted by Gasteiger charge is 2.31. The molecular weight excluding hydrogens is 272 g/mol. The second-order valence-corrected chi connectivity index (χ2v) is 7.42. The zero-order valence-corrected chi connectivity index (χ0v) is 13.4. The Hall–Kier alpha value is -1.07. The van der Waals surface area contributed by atoms with E-state index in [9.17, 15) is 4.79 Å². The van der Waals surface area contributed by atoms with Crippen molar-refractivity contribution in [2.45, 2.75) is 43.6 Å². The van der Waals surface area contributed by atoms with Gasteiger partial charge in [0.15, 0.2) is 0 Å². The van der Waals surface area contributed by atoms with Crippen LogP contribution in [0.4, 0.5) is 0 Å². The zero-order valence-electron chi connectivity index (χ0n) is 12.5. The second kappa shape index (κ2) is 6.14. The summed E-state index contributed by atoms with van der Waals surface area (Å²) in [4.78, 5) is 18.9. The van der Waals surface area contributed by atoms with Crippen molar-refractivity contribution in [1.29, 1.82) is 0 Å². The first-order chi connectivity index (χ1) is 9.39. The van der Waals surface area contributed by atoms with E-state index < -0.39 is 0 Å². The van der Waals surface area contributed by atoms with E-state index in [-0.39, 0.29) is 11.5 Å². The van der Waals surface area contributed by atoms with E-state index in [0.717, 1.165) is 5.03 Å². The van der Waals surface area contributed by atoms with Crippen LogP contribution in [0.5, 0.6) is 0 Å². The van der Waals surface area contributed by atoms with Crippen LogP contribution in [-0.2, 0) is 4.74 Å². The van der Waals surface area contributed by atoms with Gasteiger partial charge < -0.3 is 9.64 Å². The van der Waals surface area contributed by atoms with Crippen LogP contribution in [0.3, 0.4) is 0 Å². The molecule has 0 N–H and O–H groups in total. The second-order valence-electron chi connectivity index (χ2n) is 5.86. The van der Waals surface area contributed by atoms with E-state index in [4.69, 9.17) is 4.74 Å². The fourth-order valence-corrected chi connectivity index (χ4v) is 3.08. The molecule has 2 heterocycles. The van der Waals surface area contributed by atoms with Crippen LogP contribution in [-0.4, -0.2) is 46.3 Å². The highest BCUT2D eigenvalue weighted by Crippen LogP contribution is 2.26. The van der Waals surface area contributed by atoms with E-state index in [0.29, 0.717) is 30.5 Å². The number of pyridine rings is 1. The Balaban J connectivity index is 2.20. The fourth-order valence-electron chi connectivity index (χ4n) is 2.23. The third-order valence-corrected chi connectivity index (χ3v) is 4.08. The number of rotatable bonds is 3. The SMILES string of the molecule is CC(C)Sc1ncccc1C(=O)N1CCOC(C)(C)C1. The minimum Gasteiger partial charge on any atom is -0.372 e. The number of ether oxygens (including phenoxy) is 1. The summed E-state index contributed by atoms with van der Waals surface area (Å²) in [6.07, 6.45) is 1.74. The lowest BCUT2D eigenvalue weighted by Crippen LogP contribution is -2.50. The molecule has 0 spiro atoms. The van der Waals surface area contributed by atoms with Crippen molar-refractivity contribution < 1.29 is 9.53 Å². The van der Waals surface area contributed by atoms with Gasteiger partial charge in [-0.1, -0.05) is 13.8 Å². The molecule has 1 fully saturated rings. The van der Waals surface area contributed by atoms with Gasteiger partial charge in [0.1, 0.15) is 5.03 Å². The molecule has 1 aromatic rings. The molecule has 5 heteroatoms. The Morgan fingerprint density at radius 2 is 2.25 bits per heavy atom. The maximum atomic E-state index is 12.7. The molecule has 0 bridgehead atoms. The van der Waals surface area contributed by atoms with Crippen LogP contribution in [0.2, 0.25) is 0 Å². The zero-order chi connectivity index (χ0) is 14.8. The maximum Gasteiger partial charge on any atom is 0.256 e. The number of hydrogen-bond donors (Lipinski definition) is 0. The molecule has 4 nitrogen and oxygen atoms in total. The average molecular weight is 294 g/mol. The van der Waals surface area contributed by atoms with E-state index in [2.05, 4.69) is 18.8 Å². The maximum absolute atomic E-state index is 12.7. The monoisotopic (exact) mass is 294 g/mol. The lowest BCUT2D eigenvalue weighted by atomic mass is 10.1. The Kier molecular flexibility index (Phi) is 4.70. The van der Waals surface area contributed by atoms with Crippen LogP contribution < -0.4 is 0 Å². The molecule has 20 heavy (non-hydrogen) atoms. The first-order valence-corrected chi connectivity index (χ1v) is 7.82. The number of hydrogen-bond acceptors (Lipinski definition) is 4. The quantitative estimate of drug-likeness (QED) is 0.804. The predicted molar refractivity (Wildman–Crippen MR) is 81.2 cm³/mol. The van der Waals surface area contributed by atoms with Gasteiger partial charge >= 0.3 is 0 Å². The van der Waals surface area contributed by atoms with Crippen LogP contribution >= 0.6 is 11.8 Å². The molecule has 1 amide bonds. The number of amides is 1. The largest absolute Gasteiger partial charge is 0.372 e. The summed E-state index contributed by atoms with van der Waals surface area (Å²) >= 11 is 1.63. The van der Waals surface area contributed by atoms with E-state index in [1.807, 2.05) is 30.9 Å². The molecule has 0 aromatic carbocycles. The highest BCUT2D eigenvalue weighted by molar-refractivity contribution is 7.99. The van der Waals surface area contributed by atoms with Gasteiger partial charge in [-0.05, 0) is 26.0 Å². The molecule has 1 aliphatic rings. The molecule has 0 aliphatic carbocycles. The van der Waals surface area contributed by atoms with Gasteiger partial charge in [-0.15, -0.1) is 11.8 Å². The summed E-state index contributed by atoms with van der Waals surface area (Å²) in [7, 11) is 0. The third kappa shape index (κ3) is 3.73. The average Bonchev–Trinajstić information content (AvgIpc) is 2.36. The molecule has 2 rings (SSSR count). The number of carbonyl (C=O) groups excluding carboxylic acids is 1. The summed E-state index contributed by atoms with van der Waals surface area (Å²) in [6.45, 7) is 10.1. The Bertz CT molecular complexity index is 489. The number of carbonyl (C=O) groups is 1. The number of morpholine rings is 1. The lowest BCUT2D eigenvalue weighted by molar-refractivity contribution is -0.0764. The number of nitrogens with zero attached hydrogens (tertiary/aromatic N) is 2. The van der Waals surface area contributed by atoms with Crippen LogP contribution in [0.15, 0.2) is 23.4 Å². The minimum absolute atomic E-state index is 0.0534.